The van der Waals surface area contributed by atoms with Crippen molar-refractivity contribution < 1.29 is 22.3 Å². The molecule has 0 aromatic carbocycles. The van der Waals surface area contributed by atoms with E-state index in [1.807, 2.05) is 0 Å². The lowest BCUT2D eigenvalue weighted by atomic mass is 15.9. The van der Waals surface area contributed by atoms with Gasteiger partial charge in [-0.05, 0) is 0 Å². The summed E-state index contributed by atoms with van der Waals surface area (Å²) in [5, 5.41) is 0. The summed E-state index contributed by atoms with van der Waals surface area (Å²) in [6, 6.07) is 0. The van der Waals surface area contributed by atoms with Gasteiger partial charge in [-0.2, -0.15) is 8.42 Å². The van der Waals surface area contributed by atoms with Gasteiger partial charge in [0.25, 0.3) is 0 Å². The summed E-state index contributed by atoms with van der Waals surface area (Å²) in [6.07, 6.45) is 0. The third-order valence-corrected chi connectivity index (χ3v) is 0. The van der Waals surface area contributed by atoms with Crippen LogP contribution in [0.2, 0.25) is 0 Å². The minimum Gasteiger partial charge on any atom is -1.00 e. The minimum atomic E-state index is -0.750. The number of rotatable bonds is 0. The normalized spacial score (nSPS) is 3.00. The van der Waals surface area contributed by atoms with Gasteiger partial charge in [0.1, 0.15) is 0 Å². The molecule has 0 amide bonds. The van der Waals surface area contributed by atoms with Crippen molar-refractivity contribution in [2.75, 3.05) is 0 Å². The Morgan fingerprint density at radius 1 is 1.50 bits per heavy atom. The van der Waals surface area contributed by atoms with Crippen molar-refractivity contribution in [2.24, 2.45) is 0 Å². The molecule has 0 saturated carbocycles. The summed E-state index contributed by atoms with van der Waals surface area (Å²) in [7, 11) is 0. The van der Waals surface area contributed by atoms with E-state index in [1.165, 1.54) is 0 Å². The van der Waals surface area contributed by atoms with Gasteiger partial charge in [0.05, 0.1) is 0 Å². The second kappa shape index (κ2) is 11.2. The van der Waals surface area contributed by atoms with E-state index >= 15 is 0 Å². The summed E-state index contributed by atoms with van der Waals surface area (Å²) in [4.78, 5) is 0. The van der Waals surface area contributed by atoms with Crippen molar-refractivity contribution in [2.45, 2.75) is 0 Å². The van der Waals surface area contributed by atoms with Crippen LogP contribution in [0.25, 0.3) is 0 Å². The SMILES string of the molecule is O=S=O.[Cl-].[H+]. The molecule has 0 unspecified atom stereocenters. The fraction of sp³-hybridized carbons (Fsp3) is 0. The molecule has 4 heteroatoms. The van der Waals surface area contributed by atoms with E-state index in [0.29, 0.717) is 0 Å². The summed E-state index contributed by atoms with van der Waals surface area (Å²) < 4.78 is 16.6. The largest absolute Gasteiger partial charge is 1.00 e. The average Bonchev–Trinajstić information content (AvgIpc) is 0.918. The molecule has 0 N–H and O–H groups in total. The quantitative estimate of drug-likeness (QED) is 0.316. The third kappa shape index (κ3) is 215. The summed E-state index contributed by atoms with van der Waals surface area (Å²) in [6.45, 7) is 0. The lowest BCUT2D eigenvalue weighted by Crippen LogP contribution is -3.00. The Morgan fingerprint density at radius 2 is 1.50 bits per heavy atom. The van der Waals surface area contributed by atoms with E-state index in [1.54, 1.807) is 0 Å². The van der Waals surface area contributed by atoms with Crippen LogP contribution in [-0.2, 0) is 11.6 Å². The molecule has 0 aromatic rings. The molecule has 0 aromatic heterocycles. The minimum absolute atomic E-state index is 0. The molecular formula is HClO2S. The monoisotopic (exact) mass is 99.9 g/mol. The number of halogens is 1. The van der Waals surface area contributed by atoms with Crippen LogP contribution < -0.4 is 12.4 Å². The molecule has 0 bridgehead atoms. The Bertz CT molecular complexity index is 30.6. The molecule has 0 aliphatic carbocycles. The zero-order chi connectivity index (χ0) is 2.71. The molecule has 0 saturated heterocycles. The van der Waals surface area contributed by atoms with Crippen LogP contribution in [0.4, 0.5) is 0 Å². The van der Waals surface area contributed by atoms with Crippen LogP contribution >= 0.6 is 0 Å². The number of hydrogen-bond donors (Lipinski definition) is 0. The van der Waals surface area contributed by atoms with E-state index in [-0.39, 0.29) is 13.8 Å². The van der Waals surface area contributed by atoms with Gasteiger partial charge in [-0.15, -0.1) is 0 Å². The summed E-state index contributed by atoms with van der Waals surface area (Å²) in [5.41, 5.74) is 0. The fourth-order valence-corrected chi connectivity index (χ4v) is 0. The first-order valence-corrected chi connectivity index (χ1v) is 1.00. The Morgan fingerprint density at radius 3 is 1.50 bits per heavy atom. The lowest BCUT2D eigenvalue weighted by molar-refractivity contribution is -0.00000268. The van der Waals surface area contributed by atoms with Gasteiger partial charge in [0.15, 0.2) is 0 Å². The Balaban J connectivity index is -0.0000000200. The second-order valence-electron chi connectivity index (χ2n) is 0.0680. The van der Waals surface area contributed by atoms with E-state index in [2.05, 4.69) is 0 Å². The van der Waals surface area contributed by atoms with Gasteiger partial charge in [-0.25, -0.2) is 0 Å². The smallest absolute Gasteiger partial charge is 1.00 e. The molecule has 0 heterocycles. The van der Waals surface area contributed by atoms with Crippen LogP contribution in [0.3, 0.4) is 0 Å². The number of hydrogen-bond acceptors (Lipinski definition) is 2. The van der Waals surface area contributed by atoms with Crippen molar-refractivity contribution in [1.29, 1.82) is 0 Å². The first kappa shape index (κ1) is 8.93. The van der Waals surface area contributed by atoms with Crippen LogP contribution in [0, 0.1) is 0 Å². The molecule has 0 aliphatic rings. The van der Waals surface area contributed by atoms with E-state index in [0.717, 1.165) is 0 Å². The molecule has 0 atom stereocenters. The van der Waals surface area contributed by atoms with Gasteiger partial charge in [-0.1, -0.05) is 0 Å². The average molecular weight is 101 g/mol. The molecule has 2 nitrogen and oxygen atoms in total. The van der Waals surface area contributed by atoms with E-state index in [9.17, 15) is 0 Å². The molecule has 0 aliphatic heterocycles. The molecule has 26 valence electrons. The van der Waals surface area contributed by atoms with Gasteiger partial charge in [0.2, 0.25) is 0 Å². The Kier molecular flexibility index (Phi) is 25.1. The van der Waals surface area contributed by atoms with Crippen LogP contribution in [0.15, 0.2) is 0 Å². The summed E-state index contributed by atoms with van der Waals surface area (Å²) in [5.74, 6) is 0. The molecule has 0 rings (SSSR count). The van der Waals surface area contributed by atoms with Crippen LogP contribution in [0.5, 0.6) is 0 Å². The van der Waals surface area contributed by atoms with Crippen LogP contribution in [0.1, 0.15) is 1.43 Å². The van der Waals surface area contributed by atoms with E-state index < -0.39 is 11.6 Å². The van der Waals surface area contributed by atoms with Crippen LogP contribution in [-0.4, -0.2) is 8.42 Å². The maximum absolute atomic E-state index is 8.29. The molecule has 0 spiro atoms. The first-order chi connectivity index (χ1) is 1.41. The maximum atomic E-state index is 8.29. The van der Waals surface area contributed by atoms with Crippen molar-refractivity contribution in [1.82, 2.24) is 0 Å². The Labute approximate surface area is 34.7 Å². The Hall–Kier alpha value is 0.110. The fourth-order valence-electron chi connectivity index (χ4n) is 0. The lowest BCUT2D eigenvalue weighted by Gasteiger charge is -1.00. The van der Waals surface area contributed by atoms with E-state index in [4.69, 9.17) is 8.42 Å². The van der Waals surface area contributed by atoms with Gasteiger partial charge >= 0.3 is 13.0 Å². The zero-order valence-electron chi connectivity index (χ0n) is 2.60. The highest BCUT2D eigenvalue weighted by Gasteiger charge is 1.12. The summed E-state index contributed by atoms with van der Waals surface area (Å²) >= 11 is -0.750. The molecular weight excluding hydrogens is 99.5 g/mol. The van der Waals surface area contributed by atoms with Gasteiger partial charge < -0.3 is 12.4 Å². The topological polar surface area (TPSA) is 34.1 Å². The van der Waals surface area contributed by atoms with Crippen molar-refractivity contribution in [3.63, 3.8) is 0 Å². The van der Waals surface area contributed by atoms with Crippen molar-refractivity contribution in [3.8, 4) is 0 Å². The molecule has 0 radical (unpaired) electrons. The predicted molar refractivity (Wildman–Crippen MR) is 10.0 cm³/mol. The second-order valence-corrected chi connectivity index (χ2v) is 0.204. The standard InChI is InChI=1S/ClH.O2S/c;1-3-2/h1H;. The maximum Gasteiger partial charge on any atom is 1.00 e. The van der Waals surface area contributed by atoms with Gasteiger partial charge in [-0.3, -0.25) is 0 Å². The highest BCUT2D eigenvalue weighted by atomic mass is 35.5. The highest BCUT2D eigenvalue weighted by molar-refractivity contribution is 7.51. The van der Waals surface area contributed by atoms with Crippen molar-refractivity contribution in [3.05, 3.63) is 0 Å². The third-order valence-electron chi connectivity index (χ3n) is 0. The molecule has 4 heavy (non-hydrogen) atoms. The highest BCUT2D eigenvalue weighted by Crippen LogP contribution is 0.846. The molecule has 0 fully saturated rings. The van der Waals surface area contributed by atoms with Crippen molar-refractivity contribution >= 4 is 11.6 Å². The predicted octanol–water partition coefficient (Wildman–Crippen LogP) is -3.55. The van der Waals surface area contributed by atoms with Gasteiger partial charge in [0, 0.05) is 0 Å². The zero-order valence-corrected chi connectivity index (χ0v) is 3.18. The first-order valence-electron chi connectivity index (χ1n) is 0.333.